The van der Waals surface area contributed by atoms with Gasteiger partial charge in [-0.1, -0.05) is 6.92 Å². The fourth-order valence-electron chi connectivity index (χ4n) is 2.67. The molecule has 128 valence electrons. The molecule has 23 heavy (non-hydrogen) atoms. The van der Waals surface area contributed by atoms with Crippen molar-refractivity contribution in [1.29, 1.82) is 0 Å². The lowest BCUT2D eigenvalue weighted by atomic mass is 10.2. The molecule has 0 amide bonds. The zero-order chi connectivity index (χ0) is 16.2. The van der Waals surface area contributed by atoms with E-state index in [4.69, 9.17) is 18.9 Å². The molecule has 0 saturated carbocycles. The lowest BCUT2D eigenvalue weighted by molar-refractivity contribution is 0.127. The Bertz CT molecular complexity index is 488. The van der Waals surface area contributed by atoms with Gasteiger partial charge in [0.2, 0.25) is 0 Å². The van der Waals surface area contributed by atoms with Gasteiger partial charge in [0.25, 0.3) is 0 Å². The van der Waals surface area contributed by atoms with E-state index in [1.165, 1.54) is 5.69 Å². The van der Waals surface area contributed by atoms with Crippen molar-refractivity contribution in [3.63, 3.8) is 0 Å². The summed E-state index contributed by atoms with van der Waals surface area (Å²) < 4.78 is 21.9. The van der Waals surface area contributed by atoms with Gasteiger partial charge in [-0.05, 0) is 31.2 Å². The number of rotatable bonds is 10. The molecule has 0 spiro atoms. The summed E-state index contributed by atoms with van der Waals surface area (Å²) in [4.78, 5) is 2.35. The van der Waals surface area contributed by atoms with Gasteiger partial charge in [-0.3, -0.25) is 0 Å². The van der Waals surface area contributed by atoms with E-state index in [0.29, 0.717) is 37.4 Å². The molecule has 2 saturated heterocycles. The van der Waals surface area contributed by atoms with E-state index in [0.717, 1.165) is 25.4 Å². The van der Waals surface area contributed by atoms with Crippen molar-refractivity contribution in [2.24, 2.45) is 5.92 Å². The van der Waals surface area contributed by atoms with Crippen molar-refractivity contribution >= 4 is 5.69 Å². The minimum absolute atomic E-state index is 0.347. The highest BCUT2D eigenvalue weighted by molar-refractivity contribution is 5.49. The Labute approximate surface area is 138 Å². The van der Waals surface area contributed by atoms with Gasteiger partial charge in [-0.15, -0.1) is 0 Å². The van der Waals surface area contributed by atoms with Crippen LogP contribution in [0.1, 0.15) is 13.8 Å². The van der Waals surface area contributed by atoms with E-state index in [2.05, 4.69) is 30.9 Å². The topological polar surface area (TPSA) is 46.8 Å². The second kappa shape index (κ2) is 7.51. The first-order valence-corrected chi connectivity index (χ1v) is 8.39. The van der Waals surface area contributed by atoms with Crippen LogP contribution in [-0.4, -0.2) is 58.3 Å². The normalized spacial score (nSPS) is 26.7. The van der Waals surface area contributed by atoms with E-state index in [9.17, 15) is 0 Å². The number of hydrogen-bond donors (Lipinski definition) is 0. The van der Waals surface area contributed by atoms with Crippen molar-refractivity contribution in [2.75, 3.05) is 44.9 Å². The highest BCUT2D eigenvalue weighted by atomic mass is 16.6. The Morgan fingerprint density at radius 1 is 1.22 bits per heavy atom. The standard InChI is InChI=1S/C18H27NO4/c1-13(10-20-3)11-21-16-6-4-15(5-7-16)19(8-17-12-22-17)9-18-14(2)23-18/h4-7,13-14,17-18H,8-12H2,1-3H3. The fraction of sp³-hybridized carbons (Fsp3) is 0.667. The van der Waals surface area contributed by atoms with E-state index in [1.807, 2.05) is 12.1 Å². The molecule has 4 atom stereocenters. The second-order valence-corrected chi connectivity index (χ2v) is 6.61. The number of nitrogens with zero attached hydrogens (tertiary/aromatic N) is 1. The minimum atomic E-state index is 0.347. The lowest BCUT2D eigenvalue weighted by Gasteiger charge is -2.23. The summed E-state index contributed by atoms with van der Waals surface area (Å²) in [6.07, 6.45) is 1.09. The highest BCUT2D eigenvalue weighted by Crippen LogP contribution is 2.27. The average molecular weight is 321 g/mol. The van der Waals surface area contributed by atoms with E-state index < -0.39 is 0 Å². The number of methoxy groups -OCH3 is 1. The first kappa shape index (κ1) is 16.6. The lowest BCUT2D eigenvalue weighted by Crippen LogP contribution is -2.32. The largest absolute Gasteiger partial charge is 0.493 e. The molecule has 2 aliphatic rings. The maximum atomic E-state index is 5.81. The Kier molecular flexibility index (Phi) is 5.41. The van der Waals surface area contributed by atoms with Crippen LogP contribution in [-0.2, 0) is 14.2 Å². The summed E-state index contributed by atoms with van der Waals surface area (Å²) in [5.41, 5.74) is 1.19. The molecular formula is C18H27NO4. The van der Waals surface area contributed by atoms with Gasteiger partial charge in [0.15, 0.2) is 0 Å². The van der Waals surface area contributed by atoms with Crippen LogP contribution < -0.4 is 9.64 Å². The predicted molar refractivity (Wildman–Crippen MR) is 89.3 cm³/mol. The quantitative estimate of drug-likeness (QED) is 0.619. The first-order valence-electron chi connectivity index (χ1n) is 8.39. The Morgan fingerprint density at radius 2 is 1.91 bits per heavy atom. The fourth-order valence-corrected chi connectivity index (χ4v) is 2.67. The Hall–Kier alpha value is -1.30. The van der Waals surface area contributed by atoms with Gasteiger partial charge in [-0.25, -0.2) is 0 Å². The van der Waals surface area contributed by atoms with Gasteiger partial charge in [-0.2, -0.15) is 0 Å². The van der Waals surface area contributed by atoms with Crippen molar-refractivity contribution in [1.82, 2.24) is 0 Å². The maximum Gasteiger partial charge on any atom is 0.119 e. The summed E-state index contributed by atoms with van der Waals surface area (Å²) in [5, 5.41) is 0. The molecular weight excluding hydrogens is 294 g/mol. The first-order chi connectivity index (χ1) is 11.2. The van der Waals surface area contributed by atoms with Crippen molar-refractivity contribution < 1.29 is 18.9 Å². The molecule has 0 aromatic heterocycles. The summed E-state index contributed by atoms with van der Waals surface area (Å²) in [5.74, 6) is 1.28. The van der Waals surface area contributed by atoms with Gasteiger partial charge in [0.1, 0.15) is 11.9 Å². The van der Waals surface area contributed by atoms with Gasteiger partial charge in [0, 0.05) is 31.8 Å². The summed E-state index contributed by atoms with van der Waals surface area (Å²) in [6.45, 7) is 8.34. The van der Waals surface area contributed by atoms with Gasteiger partial charge >= 0.3 is 0 Å². The third kappa shape index (κ3) is 5.09. The van der Waals surface area contributed by atoms with Crippen LogP contribution >= 0.6 is 0 Å². The van der Waals surface area contributed by atoms with Crippen LogP contribution in [0.15, 0.2) is 24.3 Å². The SMILES string of the molecule is COCC(C)COc1ccc(N(CC2CO2)CC2OC2C)cc1. The zero-order valence-electron chi connectivity index (χ0n) is 14.2. The number of epoxide rings is 2. The second-order valence-electron chi connectivity index (χ2n) is 6.61. The number of benzene rings is 1. The molecule has 2 fully saturated rings. The van der Waals surface area contributed by atoms with Crippen LogP contribution in [0.25, 0.3) is 0 Å². The average Bonchev–Trinajstić information content (AvgIpc) is 3.46. The molecule has 2 aliphatic heterocycles. The van der Waals surface area contributed by atoms with Crippen LogP contribution in [0, 0.1) is 5.92 Å². The third-order valence-electron chi connectivity index (χ3n) is 4.25. The van der Waals surface area contributed by atoms with Crippen molar-refractivity contribution in [3.05, 3.63) is 24.3 Å². The van der Waals surface area contributed by atoms with E-state index in [-0.39, 0.29) is 0 Å². The third-order valence-corrected chi connectivity index (χ3v) is 4.25. The zero-order valence-corrected chi connectivity index (χ0v) is 14.2. The Balaban J connectivity index is 1.54. The van der Waals surface area contributed by atoms with E-state index >= 15 is 0 Å². The molecule has 0 radical (unpaired) electrons. The Morgan fingerprint density at radius 3 is 2.48 bits per heavy atom. The molecule has 1 aromatic carbocycles. The molecule has 5 heteroatoms. The van der Waals surface area contributed by atoms with Crippen LogP contribution in [0.2, 0.25) is 0 Å². The van der Waals surface area contributed by atoms with Crippen LogP contribution in [0.4, 0.5) is 5.69 Å². The summed E-state index contributed by atoms with van der Waals surface area (Å²) in [7, 11) is 1.72. The number of ether oxygens (including phenoxy) is 4. The molecule has 0 N–H and O–H groups in total. The van der Waals surface area contributed by atoms with Gasteiger partial charge < -0.3 is 23.8 Å². The molecule has 4 unspecified atom stereocenters. The molecule has 0 aliphatic carbocycles. The molecule has 1 aromatic rings. The monoisotopic (exact) mass is 321 g/mol. The van der Waals surface area contributed by atoms with Crippen molar-refractivity contribution in [3.8, 4) is 5.75 Å². The molecule has 0 bridgehead atoms. The molecule has 2 heterocycles. The van der Waals surface area contributed by atoms with Crippen LogP contribution in [0.3, 0.4) is 0 Å². The summed E-state index contributed by atoms with van der Waals surface area (Å²) in [6, 6.07) is 8.30. The minimum Gasteiger partial charge on any atom is -0.493 e. The number of hydrogen-bond acceptors (Lipinski definition) is 5. The van der Waals surface area contributed by atoms with Crippen LogP contribution in [0.5, 0.6) is 5.75 Å². The number of anilines is 1. The van der Waals surface area contributed by atoms with Crippen molar-refractivity contribution in [2.45, 2.75) is 32.2 Å². The highest BCUT2D eigenvalue weighted by Gasteiger charge is 2.37. The summed E-state index contributed by atoms with van der Waals surface area (Å²) >= 11 is 0. The van der Waals surface area contributed by atoms with E-state index in [1.54, 1.807) is 7.11 Å². The van der Waals surface area contributed by atoms with Gasteiger partial charge in [0.05, 0.1) is 32.0 Å². The predicted octanol–water partition coefficient (Wildman–Crippen LogP) is 2.34. The maximum absolute atomic E-state index is 5.81. The smallest absolute Gasteiger partial charge is 0.119 e. The molecule has 5 nitrogen and oxygen atoms in total. The molecule has 3 rings (SSSR count).